The zero-order chi connectivity index (χ0) is 15.9. The Morgan fingerprint density at radius 1 is 0.917 bits per heavy atom. The van der Waals surface area contributed by atoms with E-state index in [1.165, 1.54) is 0 Å². The fraction of sp³-hybridized carbons (Fsp3) is 0. The van der Waals surface area contributed by atoms with Crippen LogP contribution >= 0.6 is 0 Å². The van der Waals surface area contributed by atoms with E-state index in [1.807, 2.05) is 47.4 Å². The summed E-state index contributed by atoms with van der Waals surface area (Å²) in [5, 5.41) is 1.09. The van der Waals surface area contributed by atoms with E-state index in [2.05, 4.69) is 38.3 Å². The second-order valence-electron chi connectivity index (χ2n) is 5.67. The third kappa shape index (κ3) is 1.99. The first-order valence-electron chi connectivity index (χ1n) is 7.69. The second-order valence-corrected chi connectivity index (χ2v) is 5.67. The molecule has 0 fully saturated rings. The molecule has 5 aromatic heterocycles. The lowest BCUT2D eigenvalue weighted by molar-refractivity contribution is 1.19. The minimum atomic E-state index is 0.878. The van der Waals surface area contributed by atoms with Crippen molar-refractivity contribution in [3.8, 4) is 22.3 Å². The number of hydrogen-bond acceptors (Lipinski definition) is 3. The number of pyridine rings is 3. The molecule has 24 heavy (non-hydrogen) atoms. The van der Waals surface area contributed by atoms with Crippen LogP contribution in [0.4, 0.5) is 0 Å². The highest BCUT2D eigenvalue weighted by molar-refractivity contribution is 5.95. The van der Waals surface area contributed by atoms with Crippen molar-refractivity contribution in [3.05, 3.63) is 73.7 Å². The van der Waals surface area contributed by atoms with Crippen molar-refractivity contribution in [2.75, 3.05) is 0 Å². The molecule has 0 aliphatic carbocycles. The standard InChI is InChI=1S/C19H13N5/c1-2-13(9-20-5-1)15-8-16-17(11-23-19(16)22-10-15)14-3-4-18-21-6-7-24(18)12-14/h1-12H,(H,22,23). The van der Waals surface area contributed by atoms with Gasteiger partial charge in [-0.15, -0.1) is 0 Å². The maximum atomic E-state index is 4.55. The van der Waals surface area contributed by atoms with E-state index in [4.69, 9.17) is 0 Å². The molecule has 0 aromatic carbocycles. The first kappa shape index (κ1) is 13.0. The van der Waals surface area contributed by atoms with Gasteiger partial charge in [-0.2, -0.15) is 0 Å². The molecule has 0 amide bonds. The minimum absolute atomic E-state index is 0.878. The highest BCUT2D eigenvalue weighted by Crippen LogP contribution is 2.30. The summed E-state index contributed by atoms with van der Waals surface area (Å²) in [6.45, 7) is 0. The molecule has 5 nitrogen and oxygen atoms in total. The molecule has 0 aliphatic rings. The third-order valence-corrected chi connectivity index (χ3v) is 4.23. The van der Waals surface area contributed by atoms with Crippen LogP contribution in [-0.4, -0.2) is 24.3 Å². The zero-order valence-corrected chi connectivity index (χ0v) is 12.7. The molecule has 0 aliphatic heterocycles. The summed E-state index contributed by atoms with van der Waals surface area (Å²) in [5.74, 6) is 0. The quantitative estimate of drug-likeness (QED) is 0.537. The highest BCUT2D eigenvalue weighted by atomic mass is 15.0. The topological polar surface area (TPSA) is 58.9 Å². The summed E-state index contributed by atoms with van der Waals surface area (Å²) < 4.78 is 2.02. The number of nitrogens with one attached hydrogen (secondary N) is 1. The van der Waals surface area contributed by atoms with Gasteiger partial charge in [0.2, 0.25) is 0 Å². The Kier molecular flexibility index (Phi) is 2.72. The number of H-pyrrole nitrogens is 1. The number of aromatic amines is 1. The smallest absolute Gasteiger partial charge is 0.137 e. The fourth-order valence-corrected chi connectivity index (χ4v) is 3.01. The first-order chi connectivity index (χ1) is 11.9. The summed E-state index contributed by atoms with van der Waals surface area (Å²) in [6.07, 6.45) is 13.3. The molecule has 5 rings (SSSR count). The molecule has 1 N–H and O–H groups in total. The molecule has 0 bridgehead atoms. The molecule has 114 valence electrons. The predicted molar refractivity (Wildman–Crippen MR) is 93.5 cm³/mol. The van der Waals surface area contributed by atoms with E-state index in [0.29, 0.717) is 0 Å². The van der Waals surface area contributed by atoms with E-state index < -0.39 is 0 Å². The van der Waals surface area contributed by atoms with Crippen LogP contribution in [0, 0.1) is 0 Å². The Morgan fingerprint density at radius 3 is 2.83 bits per heavy atom. The number of aromatic nitrogens is 5. The first-order valence-corrected chi connectivity index (χ1v) is 7.69. The molecule has 0 spiro atoms. The maximum absolute atomic E-state index is 4.55. The highest BCUT2D eigenvalue weighted by Gasteiger charge is 2.10. The Balaban J connectivity index is 1.71. The van der Waals surface area contributed by atoms with Crippen molar-refractivity contribution in [1.29, 1.82) is 0 Å². The molecule has 5 heteroatoms. The van der Waals surface area contributed by atoms with Crippen LogP contribution in [0.25, 0.3) is 38.9 Å². The van der Waals surface area contributed by atoms with Crippen molar-refractivity contribution in [2.45, 2.75) is 0 Å². The van der Waals surface area contributed by atoms with Crippen molar-refractivity contribution >= 4 is 16.7 Å². The van der Waals surface area contributed by atoms with Gasteiger partial charge in [0.25, 0.3) is 0 Å². The summed E-state index contributed by atoms with van der Waals surface area (Å²) in [7, 11) is 0. The molecule has 0 radical (unpaired) electrons. The van der Waals surface area contributed by atoms with Crippen molar-refractivity contribution in [2.24, 2.45) is 0 Å². The lowest BCUT2D eigenvalue weighted by Crippen LogP contribution is -1.86. The summed E-state index contributed by atoms with van der Waals surface area (Å²) in [4.78, 5) is 16.3. The van der Waals surface area contributed by atoms with Crippen molar-refractivity contribution in [3.63, 3.8) is 0 Å². The molecule has 5 heterocycles. The van der Waals surface area contributed by atoms with Gasteiger partial charge in [0, 0.05) is 71.0 Å². The molecule has 0 saturated heterocycles. The summed E-state index contributed by atoms with van der Waals surface area (Å²) >= 11 is 0. The van der Waals surface area contributed by atoms with E-state index in [0.717, 1.165) is 38.9 Å². The van der Waals surface area contributed by atoms with Gasteiger partial charge >= 0.3 is 0 Å². The van der Waals surface area contributed by atoms with Gasteiger partial charge < -0.3 is 9.38 Å². The van der Waals surface area contributed by atoms with E-state index in [1.54, 1.807) is 12.4 Å². The van der Waals surface area contributed by atoms with Crippen LogP contribution in [0.1, 0.15) is 0 Å². The number of imidazole rings is 1. The molecule has 0 saturated carbocycles. The molecular formula is C19H13N5. The van der Waals surface area contributed by atoms with Gasteiger partial charge in [-0.25, -0.2) is 9.97 Å². The van der Waals surface area contributed by atoms with Gasteiger partial charge in [-0.1, -0.05) is 6.07 Å². The van der Waals surface area contributed by atoms with E-state index in [-0.39, 0.29) is 0 Å². The van der Waals surface area contributed by atoms with Crippen LogP contribution in [0.15, 0.2) is 73.7 Å². The predicted octanol–water partition coefficient (Wildman–Crippen LogP) is 3.94. The fourth-order valence-electron chi connectivity index (χ4n) is 3.01. The number of rotatable bonds is 2. The molecular weight excluding hydrogens is 298 g/mol. The average molecular weight is 311 g/mol. The number of nitrogens with zero attached hydrogens (tertiary/aromatic N) is 4. The third-order valence-electron chi connectivity index (χ3n) is 4.23. The Bertz CT molecular complexity index is 1150. The average Bonchev–Trinajstić information content (AvgIpc) is 3.27. The van der Waals surface area contributed by atoms with Gasteiger partial charge in [0.05, 0.1) is 0 Å². The van der Waals surface area contributed by atoms with Gasteiger partial charge in [-0.3, -0.25) is 4.98 Å². The minimum Gasteiger partial charge on any atom is -0.346 e. The monoisotopic (exact) mass is 311 g/mol. The van der Waals surface area contributed by atoms with Gasteiger partial charge in [-0.05, 0) is 24.3 Å². The normalized spacial score (nSPS) is 11.3. The zero-order valence-electron chi connectivity index (χ0n) is 12.7. The maximum Gasteiger partial charge on any atom is 0.137 e. The Hall–Kier alpha value is -3.47. The van der Waals surface area contributed by atoms with Crippen LogP contribution in [0.5, 0.6) is 0 Å². The van der Waals surface area contributed by atoms with Gasteiger partial charge in [0.15, 0.2) is 0 Å². The van der Waals surface area contributed by atoms with E-state index >= 15 is 0 Å². The summed E-state index contributed by atoms with van der Waals surface area (Å²) in [5.41, 5.74) is 6.18. The summed E-state index contributed by atoms with van der Waals surface area (Å²) in [6, 6.07) is 10.2. The Labute approximate surface area is 137 Å². The Morgan fingerprint density at radius 2 is 1.92 bits per heavy atom. The molecule has 0 atom stereocenters. The van der Waals surface area contributed by atoms with Crippen LogP contribution in [0.3, 0.4) is 0 Å². The number of hydrogen-bond donors (Lipinski definition) is 1. The van der Waals surface area contributed by atoms with Gasteiger partial charge in [0.1, 0.15) is 11.3 Å². The lowest BCUT2D eigenvalue weighted by Gasteiger charge is -2.04. The SMILES string of the molecule is c1cncc(-c2cnc3[nH]cc(-c4ccc5nccn5c4)c3c2)c1. The van der Waals surface area contributed by atoms with E-state index in [9.17, 15) is 0 Å². The van der Waals surface area contributed by atoms with Crippen LogP contribution < -0.4 is 0 Å². The van der Waals surface area contributed by atoms with Crippen LogP contribution in [0.2, 0.25) is 0 Å². The lowest BCUT2D eigenvalue weighted by atomic mass is 10.0. The molecule has 5 aromatic rings. The van der Waals surface area contributed by atoms with Crippen molar-refractivity contribution < 1.29 is 0 Å². The van der Waals surface area contributed by atoms with Crippen LogP contribution in [-0.2, 0) is 0 Å². The molecule has 0 unspecified atom stereocenters. The second kappa shape index (κ2) is 5.03. The number of fused-ring (bicyclic) bond motifs is 2. The largest absolute Gasteiger partial charge is 0.346 e. The van der Waals surface area contributed by atoms with Crippen molar-refractivity contribution in [1.82, 2.24) is 24.3 Å².